The van der Waals surface area contributed by atoms with Gasteiger partial charge in [0.25, 0.3) is 0 Å². The number of fused-ring (bicyclic) bond motifs is 1. The van der Waals surface area contributed by atoms with Crippen molar-refractivity contribution in [1.82, 2.24) is 9.88 Å². The molecular formula is C14H19N3O. The molecule has 3 heterocycles. The van der Waals surface area contributed by atoms with E-state index in [1.54, 1.807) is 6.20 Å². The molecule has 2 saturated heterocycles. The van der Waals surface area contributed by atoms with E-state index in [0.717, 1.165) is 31.7 Å². The zero-order valence-corrected chi connectivity index (χ0v) is 10.6. The average Bonchev–Trinajstić information content (AvgIpc) is 2.47. The zero-order chi connectivity index (χ0) is 12.4. The number of aromatic nitrogens is 1. The van der Waals surface area contributed by atoms with Crippen molar-refractivity contribution < 1.29 is 4.79 Å². The predicted molar refractivity (Wildman–Crippen MR) is 71.0 cm³/mol. The molecule has 4 nitrogen and oxygen atoms in total. The zero-order valence-electron chi connectivity index (χ0n) is 10.6. The Hall–Kier alpha value is -1.42. The Morgan fingerprint density at radius 1 is 1.22 bits per heavy atom. The van der Waals surface area contributed by atoms with Gasteiger partial charge in [0.1, 0.15) is 5.82 Å². The number of nitrogens with zero attached hydrogens (tertiary/aromatic N) is 3. The molecule has 1 unspecified atom stereocenters. The van der Waals surface area contributed by atoms with Gasteiger partial charge in [-0.15, -0.1) is 0 Å². The fourth-order valence-electron chi connectivity index (χ4n) is 3.02. The third-order valence-corrected chi connectivity index (χ3v) is 4.07. The molecule has 0 spiro atoms. The Labute approximate surface area is 108 Å². The molecule has 0 saturated carbocycles. The van der Waals surface area contributed by atoms with Crippen LogP contribution in [0.4, 0.5) is 5.82 Å². The molecule has 18 heavy (non-hydrogen) atoms. The van der Waals surface area contributed by atoms with Crippen LogP contribution in [0.25, 0.3) is 0 Å². The maximum atomic E-state index is 10.6. The van der Waals surface area contributed by atoms with Gasteiger partial charge in [0.2, 0.25) is 0 Å². The van der Waals surface area contributed by atoms with E-state index in [9.17, 15) is 4.79 Å². The first-order chi connectivity index (χ1) is 8.86. The minimum atomic E-state index is 0.648. The highest BCUT2D eigenvalue weighted by Crippen LogP contribution is 2.23. The lowest BCUT2D eigenvalue weighted by atomic mass is 9.99. The predicted octanol–water partition coefficient (Wildman–Crippen LogP) is 1.57. The summed E-state index contributed by atoms with van der Waals surface area (Å²) in [6.07, 6.45) is 6.52. The summed E-state index contributed by atoms with van der Waals surface area (Å²) in [5.41, 5.74) is 0.648. The van der Waals surface area contributed by atoms with Crippen LogP contribution < -0.4 is 4.90 Å². The molecular weight excluding hydrogens is 226 g/mol. The molecule has 0 N–H and O–H groups in total. The number of piperazine rings is 1. The number of anilines is 1. The van der Waals surface area contributed by atoms with Crippen molar-refractivity contribution >= 4 is 12.1 Å². The minimum absolute atomic E-state index is 0.648. The second-order valence-electron chi connectivity index (χ2n) is 5.20. The molecule has 0 amide bonds. The summed E-state index contributed by atoms with van der Waals surface area (Å²) in [4.78, 5) is 20.0. The molecule has 2 aliphatic heterocycles. The van der Waals surface area contributed by atoms with Gasteiger partial charge in [-0.25, -0.2) is 4.98 Å². The second kappa shape index (κ2) is 5.06. The Bertz CT molecular complexity index is 418. The number of carbonyl (C=O) groups excluding carboxylic acids is 1. The minimum Gasteiger partial charge on any atom is -0.354 e. The van der Waals surface area contributed by atoms with Crippen molar-refractivity contribution in [2.45, 2.75) is 25.3 Å². The van der Waals surface area contributed by atoms with Crippen molar-refractivity contribution in [1.29, 1.82) is 0 Å². The highest BCUT2D eigenvalue weighted by molar-refractivity contribution is 5.74. The molecule has 0 aliphatic carbocycles. The molecule has 0 radical (unpaired) electrons. The molecule has 96 valence electrons. The van der Waals surface area contributed by atoms with Gasteiger partial charge in [0, 0.05) is 37.4 Å². The first kappa shape index (κ1) is 11.7. The maximum Gasteiger partial charge on any atom is 0.151 e. The van der Waals surface area contributed by atoms with Gasteiger partial charge in [-0.3, -0.25) is 9.69 Å². The molecule has 3 rings (SSSR count). The largest absolute Gasteiger partial charge is 0.354 e. The SMILES string of the molecule is O=Cc1ccc(N2CCN3CCCCC3C2)nc1. The van der Waals surface area contributed by atoms with Gasteiger partial charge in [-0.05, 0) is 31.5 Å². The summed E-state index contributed by atoms with van der Waals surface area (Å²) in [5, 5.41) is 0. The van der Waals surface area contributed by atoms with Gasteiger partial charge in [-0.1, -0.05) is 6.42 Å². The van der Waals surface area contributed by atoms with Crippen LogP contribution in [0.1, 0.15) is 29.6 Å². The van der Waals surface area contributed by atoms with Crippen molar-refractivity contribution in [2.24, 2.45) is 0 Å². The number of rotatable bonds is 2. The average molecular weight is 245 g/mol. The van der Waals surface area contributed by atoms with E-state index < -0.39 is 0 Å². The Kier molecular flexibility index (Phi) is 3.28. The monoisotopic (exact) mass is 245 g/mol. The molecule has 0 bridgehead atoms. The van der Waals surface area contributed by atoms with Gasteiger partial charge < -0.3 is 4.90 Å². The normalized spacial score (nSPS) is 24.7. The van der Waals surface area contributed by atoms with Crippen molar-refractivity contribution in [3.05, 3.63) is 23.9 Å². The molecule has 2 fully saturated rings. The molecule has 1 aromatic heterocycles. The number of pyridine rings is 1. The smallest absolute Gasteiger partial charge is 0.151 e. The number of piperidine rings is 1. The van der Waals surface area contributed by atoms with E-state index in [0.29, 0.717) is 11.6 Å². The van der Waals surface area contributed by atoms with Gasteiger partial charge in [0.05, 0.1) is 0 Å². The Morgan fingerprint density at radius 3 is 2.94 bits per heavy atom. The summed E-state index contributed by atoms with van der Waals surface area (Å²) in [7, 11) is 0. The lowest BCUT2D eigenvalue weighted by molar-refractivity contribution is 0.112. The molecule has 2 aliphatic rings. The van der Waals surface area contributed by atoms with Crippen LogP contribution in [-0.2, 0) is 0 Å². The summed E-state index contributed by atoms with van der Waals surface area (Å²) >= 11 is 0. The molecule has 4 heteroatoms. The summed E-state index contributed by atoms with van der Waals surface area (Å²) in [6, 6.07) is 4.50. The van der Waals surface area contributed by atoms with E-state index in [4.69, 9.17) is 0 Å². The molecule has 1 aromatic rings. The Morgan fingerprint density at radius 2 is 2.17 bits per heavy atom. The topological polar surface area (TPSA) is 36.4 Å². The van der Waals surface area contributed by atoms with Crippen LogP contribution in [-0.4, -0.2) is 48.4 Å². The Balaban J connectivity index is 1.70. The van der Waals surface area contributed by atoms with Crippen LogP contribution in [0.3, 0.4) is 0 Å². The molecule has 1 atom stereocenters. The fourth-order valence-corrected chi connectivity index (χ4v) is 3.02. The number of hydrogen-bond acceptors (Lipinski definition) is 4. The van der Waals surface area contributed by atoms with E-state index >= 15 is 0 Å². The summed E-state index contributed by atoms with van der Waals surface area (Å²) in [5.74, 6) is 1.01. The highest BCUT2D eigenvalue weighted by atomic mass is 16.1. The van der Waals surface area contributed by atoms with Crippen LogP contribution >= 0.6 is 0 Å². The first-order valence-electron chi connectivity index (χ1n) is 6.77. The quantitative estimate of drug-likeness (QED) is 0.741. The van der Waals surface area contributed by atoms with Crippen LogP contribution in [0.2, 0.25) is 0 Å². The van der Waals surface area contributed by atoms with E-state index in [-0.39, 0.29) is 0 Å². The second-order valence-corrected chi connectivity index (χ2v) is 5.20. The van der Waals surface area contributed by atoms with E-state index in [2.05, 4.69) is 14.8 Å². The van der Waals surface area contributed by atoms with Gasteiger partial charge in [-0.2, -0.15) is 0 Å². The maximum absolute atomic E-state index is 10.6. The third kappa shape index (κ3) is 2.25. The number of aldehydes is 1. The van der Waals surface area contributed by atoms with Crippen LogP contribution in [0, 0.1) is 0 Å². The van der Waals surface area contributed by atoms with Crippen molar-refractivity contribution in [3.8, 4) is 0 Å². The summed E-state index contributed by atoms with van der Waals surface area (Å²) in [6.45, 7) is 4.52. The third-order valence-electron chi connectivity index (χ3n) is 4.07. The van der Waals surface area contributed by atoms with Gasteiger partial charge in [0.15, 0.2) is 6.29 Å². The fraction of sp³-hybridized carbons (Fsp3) is 0.571. The first-order valence-corrected chi connectivity index (χ1v) is 6.77. The summed E-state index contributed by atoms with van der Waals surface area (Å²) < 4.78 is 0. The molecule has 0 aromatic carbocycles. The van der Waals surface area contributed by atoms with Crippen LogP contribution in [0.5, 0.6) is 0 Å². The highest BCUT2D eigenvalue weighted by Gasteiger charge is 2.29. The van der Waals surface area contributed by atoms with Gasteiger partial charge >= 0.3 is 0 Å². The number of hydrogen-bond donors (Lipinski definition) is 0. The van der Waals surface area contributed by atoms with Crippen molar-refractivity contribution in [3.63, 3.8) is 0 Å². The standard InChI is InChI=1S/C14H19N3O/c18-11-12-4-5-14(15-9-12)17-8-7-16-6-2-1-3-13(16)10-17/h4-5,9,11,13H,1-3,6-8,10H2. The van der Waals surface area contributed by atoms with Crippen LogP contribution in [0.15, 0.2) is 18.3 Å². The van der Waals surface area contributed by atoms with E-state index in [1.165, 1.54) is 25.8 Å². The number of carbonyl (C=O) groups is 1. The van der Waals surface area contributed by atoms with Crippen molar-refractivity contribution in [2.75, 3.05) is 31.1 Å². The lowest BCUT2D eigenvalue weighted by Crippen LogP contribution is -2.55. The van der Waals surface area contributed by atoms with E-state index in [1.807, 2.05) is 12.1 Å². The lowest BCUT2D eigenvalue weighted by Gasteiger charge is -2.44.